The maximum atomic E-state index is 13.0. The molecule has 0 aromatic heterocycles. The molecule has 0 bridgehead atoms. The fourth-order valence-electron chi connectivity index (χ4n) is 7.01. The van der Waals surface area contributed by atoms with E-state index in [-0.39, 0.29) is 6.61 Å². The first kappa shape index (κ1) is 52.4. The summed E-state index contributed by atoms with van der Waals surface area (Å²) in [5.74, 6) is -0.626. The molecule has 8 unspecified atom stereocenters. The van der Waals surface area contributed by atoms with Gasteiger partial charge in [-0.1, -0.05) is 172 Å². The molecule has 1 aliphatic heterocycles. The first-order chi connectivity index (χ1) is 27.3. The standard InChI is InChI=1S/C46H85NO9/c1-3-5-7-9-11-13-15-17-19-21-23-25-27-29-31-33-35-40(50)45(54)47-38(37-55-46-44(53)43(52)42(51)41(36-48)56-46)39(49)34-32-30-28-26-24-22-20-18-16-14-12-10-8-6-4-2/h11,13,17,19,32,34,38-44,46,48-53H,3-10,12,14-16,18,20-31,33,35-37H2,1-2H3,(H,47,54)/b13-11-,19-17-,34-32+. The quantitative estimate of drug-likeness (QED) is 0.0242. The van der Waals surface area contributed by atoms with Gasteiger partial charge in [-0.15, -0.1) is 0 Å². The lowest BCUT2D eigenvalue weighted by molar-refractivity contribution is -0.302. The molecule has 56 heavy (non-hydrogen) atoms. The summed E-state index contributed by atoms with van der Waals surface area (Å²) >= 11 is 0. The molecule has 10 heteroatoms. The Morgan fingerprint density at radius 2 is 1.09 bits per heavy atom. The third kappa shape index (κ3) is 26.4. The highest BCUT2D eigenvalue weighted by Gasteiger charge is 2.44. The Morgan fingerprint density at radius 3 is 1.62 bits per heavy atom. The molecule has 8 atom stereocenters. The van der Waals surface area contributed by atoms with E-state index in [9.17, 15) is 35.4 Å². The van der Waals surface area contributed by atoms with Crippen molar-refractivity contribution in [3.05, 3.63) is 36.5 Å². The van der Waals surface area contributed by atoms with Gasteiger partial charge in [-0.25, -0.2) is 0 Å². The Balaban J connectivity index is 2.44. The van der Waals surface area contributed by atoms with Crippen LogP contribution < -0.4 is 5.32 Å². The molecule has 328 valence electrons. The van der Waals surface area contributed by atoms with E-state index < -0.39 is 61.5 Å². The molecule has 1 saturated heterocycles. The number of hydrogen-bond donors (Lipinski definition) is 7. The lowest BCUT2D eigenvalue weighted by Crippen LogP contribution is -2.60. The molecular weight excluding hydrogens is 711 g/mol. The zero-order valence-electron chi connectivity index (χ0n) is 35.5. The summed E-state index contributed by atoms with van der Waals surface area (Å²) in [6.45, 7) is 3.56. The first-order valence-corrected chi connectivity index (χ1v) is 22.8. The Morgan fingerprint density at radius 1 is 0.625 bits per heavy atom. The minimum Gasteiger partial charge on any atom is -0.394 e. The average Bonchev–Trinajstić information content (AvgIpc) is 3.20. The van der Waals surface area contributed by atoms with Crippen molar-refractivity contribution in [2.75, 3.05) is 13.2 Å². The number of nitrogens with one attached hydrogen (secondary N) is 1. The van der Waals surface area contributed by atoms with Gasteiger partial charge in [0.1, 0.15) is 30.5 Å². The largest absolute Gasteiger partial charge is 0.394 e. The second-order valence-electron chi connectivity index (χ2n) is 16.0. The minimum atomic E-state index is -1.61. The molecule has 0 radical (unpaired) electrons. The monoisotopic (exact) mass is 796 g/mol. The van der Waals surface area contributed by atoms with E-state index >= 15 is 0 Å². The SMILES string of the molecule is CCCCC/C=C\C/C=C\CCCCCCCCC(O)C(=O)NC(COC1OC(CO)C(O)C(O)C1O)C(O)/C=C/CCCCCCCCCCCCCCC. The molecule has 0 aromatic carbocycles. The number of aliphatic hydroxyl groups is 6. The highest BCUT2D eigenvalue weighted by Crippen LogP contribution is 2.22. The van der Waals surface area contributed by atoms with Crippen molar-refractivity contribution < 1.29 is 44.9 Å². The Hall–Kier alpha value is -1.63. The van der Waals surface area contributed by atoms with Gasteiger partial charge in [0.25, 0.3) is 0 Å². The normalized spacial score (nSPS) is 22.0. The zero-order valence-corrected chi connectivity index (χ0v) is 35.5. The lowest BCUT2D eigenvalue weighted by atomic mass is 9.99. The zero-order chi connectivity index (χ0) is 41.1. The van der Waals surface area contributed by atoms with Crippen LogP contribution in [0, 0.1) is 0 Å². The number of amides is 1. The van der Waals surface area contributed by atoms with E-state index in [0.29, 0.717) is 12.8 Å². The van der Waals surface area contributed by atoms with E-state index in [1.54, 1.807) is 6.08 Å². The average molecular weight is 796 g/mol. The second kappa shape index (κ2) is 36.4. The van der Waals surface area contributed by atoms with Crippen LogP contribution in [0.15, 0.2) is 36.5 Å². The van der Waals surface area contributed by atoms with Crippen molar-refractivity contribution in [3.63, 3.8) is 0 Å². The predicted octanol–water partition coefficient (Wildman–Crippen LogP) is 8.25. The number of allylic oxidation sites excluding steroid dienone is 5. The van der Waals surface area contributed by atoms with Crippen molar-refractivity contribution in [2.45, 2.75) is 236 Å². The maximum absolute atomic E-state index is 13.0. The van der Waals surface area contributed by atoms with Crippen molar-refractivity contribution in [1.82, 2.24) is 5.32 Å². The van der Waals surface area contributed by atoms with Crippen molar-refractivity contribution in [3.8, 4) is 0 Å². The van der Waals surface area contributed by atoms with E-state index in [4.69, 9.17) is 9.47 Å². The molecule has 7 N–H and O–H groups in total. The van der Waals surface area contributed by atoms with Crippen LogP contribution in [0.5, 0.6) is 0 Å². The Kier molecular flexibility index (Phi) is 34.1. The second-order valence-corrected chi connectivity index (χ2v) is 16.0. The summed E-state index contributed by atoms with van der Waals surface area (Å²) in [7, 11) is 0. The van der Waals surface area contributed by atoms with E-state index in [0.717, 1.165) is 64.2 Å². The molecule has 0 saturated carbocycles. The van der Waals surface area contributed by atoms with Crippen LogP contribution in [0.2, 0.25) is 0 Å². The highest BCUT2D eigenvalue weighted by molar-refractivity contribution is 5.80. The summed E-state index contributed by atoms with van der Waals surface area (Å²) in [6, 6.07) is -0.983. The predicted molar refractivity (Wildman–Crippen MR) is 227 cm³/mol. The molecule has 0 spiro atoms. The third-order valence-corrected chi connectivity index (χ3v) is 10.8. The molecule has 1 aliphatic rings. The van der Waals surface area contributed by atoms with Gasteiger partial charge in [0.15, 0.2) is 6.29 Å². The number of rotatable bonds is 37. The van der Waals surface area contributed by atoms with E-state index in [2.05, 4.69) is 43.5 Å². The first-order valence-electron chi connectivity index (χ1n) is 22.8. The van der Waals surface area contributed by atoms with Gasteiger partial charge in [0, 0.05) is 0 Å². The molecule has 1 heterocycles. The van der Waals surface area contributed by atoms with Gasteiger partial charge >= 0.3 is 0 Å². The van der Waals surface area contributed by atoms with Crippen LogP contribution in [0.3, 0.4) is 0 Å². The van der Waals surface area contributed by atoms with Gasteiger partial charge < -0.3 is 45.4 Å². The molecule has 1 amide bonds. The highest BCUT2D eigenvalue weighted by atomic mass is 16.7. The maximum Gasteiger partial charge on any atom is 0.249 e. The van der Waals surface area contributed by atoms with E-state index in [1.165, 1.54) is 96.3 Å². The minimum absolute atomic E-state index is 0.297. The smallest absolute Gasteiger partial charge is 0.249 e. The summed E-state index contributed by atoms with van der Waals surface area (Å²) in [6.07, 6.45) is 33.6. The number of ether oxygens (including phenoxy) is 2. The summed E-state index contributed by atoms with van der Waals surface area (Å²) in [4.78, 5) is 13.0. The van der Waals surface area contributed by atoms with Crippen LogP contribution in [0.25, 0.3) is 0 Å². The van der Waals surface area contributed by atoms with Crippen molar-refractivity contribution in [2.24, 2.45) is 0 Å². The van der Waals surface area contributed by atoms with Crippen LogP contribution in [-0.2, 0) is 14.3 Å². The molecule has 0 aromatic rings. The molecule has 1 rings (SSSR count). The van der Waals surface area contributed by atoms with Crippen LogP contribution in [0.4, 0.5) is 0 Å². The fourth-order valence-corrected chi connectivity index (χ4v) is 7.01. The Bertz CT molecular complexity index is 990. The van der Waals surface area contributed by atoms with Gasteiger partial charge in [0.2, 0.25) is 5.91 Å². The fraction of sp³-hybridized carbons (Fsp3) is 0.848. The summed E-state index contributed by atoms with van der Waals surface area (Å²) in [5, 5.41) is 64.6. The van der Waals surface area contributed by atoms with Crippen molar-refractivity contribution in [1.29, 1.82) is 0 Å². The van der Waals surface area contributed by atoms with Gasteiger partial charge in [-0.3, -0.25) is 4.79 Å². The summed E-state index contributed by atoms with van der Waals surface area (Å²) in [5.41, 5.74) is 0. The number of carbonyl (C=O) groups excluding carboxylic acids is 1. The van der Waals surface area contributed by atoms with Gasteiger partial charge in [0.05, 0.1) is 25.4 Å². The number of hydrogen-bond acceptors (Lipinski definition) is 9. The van der Waals surface area contributed by atoms with Gasteiger partial charge in [-0.2, -0.15) is 0 Å². The molecule has 0 aliphatic carbocycles. The summed E-state index contributed by atoms with van der Waals surface area (Å²) < 4.78 is 11.1. The topological polar surface area (TPSA) is 169 Å². The van der Waals surface area contributed by atoms with Gasteiger partial charge in [-0.05, 0) is 51.4 Å². The Labute approximate surface area is 341 Å². The van der Waals surface area contributed by atoms with Crippen molar-refractivity contribution >= 4 is 5.91 Å². The van der Waals surface area contributed by atoms with Crippen LogP contribution >= 0.6 is 0 Å². The van der Waals surface area contributed by atoms with Crippen LogP contribution in [0.1, 0.15) is 187 Å². The molecular formula is C46H85NO9. The van der Waals surface area contributed by atoms with Crippen LogP contribution in [-0.4, -0.2) is 98.7 Å². The lowest BCUT2D eigenvalue weighted by Gasteiger charge is -2.40. The molecule has 10 nitrogen and oxygen atoms in total. The number of unbranched alkanes of at least 4 members (excludes halogenated alkanes) is 22. The molecule has 1 fully saturated rings. The van der Waals surface area contributed by atoms with E-state index in [1.807, 2.05) is 6.08 Å². The number of aliphatic hydroxyl groups excluding tert-OH is 6. The third-order valence-electron chi connectivity index (χ3n) is 10.8. The number of carbonyl (C=O) groups is 1.